The molecule has 1 aliphatic carbocycles. The van der Waals surface area contributed by atoms with Crippen molar-refractivity contribution in [1.82, 2.24) is 5.32 Å². The van der Waals surface area contributed by atoms with Crippen molar-refractivity contribution in [2.24, 2.45) is 5.92 Å². The predicted molar refractivity (Wildman–Crippen MR) is 80.8 cm³/mol. The van der Waals surface area contributed by atoms with Gasteiger partial charge in [-0.1, -0.05) is 31.5 Å². The number of aliphatic carboxylic acids is 1. The van der Waals surface area contributed by atoms with Gasteiger partial charge in [0.15, 0.2) is 0 Å². The molecule has 1 spiro atoms. The smallest absolute Gasteiger partial charge is 0.326 e. The summed E-state index contributed by atoms with van der Waals surface area (Å²) in [6.07, 6.45) is 2.77. The maximum absolute atomic E-state index is 12.5. The first-order valence-corrected chi connectivity index (χ1v) is 7.84. The number of carboxylic acid groups (broad SMARTS) is 1. The molecule has 0 radical (unpaired) electrons. The molecule has 1 amide bonds. The van der Waals surface area contributed by atoms with E-state index in [0.29, 0.717) is 13.0 Å². The molecule has 22 heavy (non-hydrogen) atoms. The molecule has 1 aromatic carbocycles. The topological polar surface area (TPSA) is 75.6 Å². The zero-order valence-corrected chi connectivity index (χ0v) is 12.7. The molecule has 5 nitrogen and oxygen atoms in total. The normalized spacial score (nSPS) is 26.7. The fraction of sp³-hybridized carbons (Fsp3) is 0.529. The summed E-state index contributed by atoms with van der Waals surface area (Å²) < 4.78 is 5.66. The number of carbonyl (C=O) groups excluding carboxylic acids is 1. The van der Waals surface area contributed by atoms with Crippen molar-refractivity contribution in [3.63, 3.8) is 0 Å². The number of ether oxygens (including phenoxy) is 1. The van der Waals surface area contributed by atoms with Crippen LogP contribution in [0.2, 0.25) is 0 Å². The highest BCUT2D eigenvalue weighted by molar-refractivity contribution is 5.88. The summed E-state index contributed by atoms with van der Waals surface area (Å²) in [5.41, 5.74) is 0.928. The summed E-state index contributed by atoms with van der Waals surface area (Å²) in [5, 5.41) is 11.9. The Morgan fingerprint density at radius 3 is 2.95 bits per heavy atom. The van der Waals surface area contributed by atoms with Gasteiger partial charge in [0.2, 0.25) is 5.91 Å². The van der Waals surface area contributed by atoms with Gasteiger partial charge in [0, 0.05) is 16.9 Å². The number of benzene rings is 1. The van der Waals surface area contributed by atoms with Crippen LogP contribution < -0.4 is 10.1 Å². The average Bonchev–Trinajstić information content (AvgIpc) is 3.22. The van der Waals surface area contributed by atoms with E-state index < -0.39 is 12.0 Å². The number of para-hydroxylation sites is 1. The van der Waals surface area contributed by atoms with E-state index in [2.05, 4.69) is 5.32 Å². The van der Waals surface area contributed by atoms with Crippen LogP contribution in [0.4, 0.5) is 0 Å². The van der Waals surface area contributed by atoms with Crippen LogP contribution >= 0.6 is 0 Å². The van der Waals surface area contributed by atoms with Crippen molar-refractivity contribution in [3.8, 4) is 5.75 Å². The van der Waals surface area contributed by atoms with E-state index in [-0.39, 0.29) is 17.2 Å². The Hall–Kier alpha value is -2.04. The molecule has 1 heterocycles. The van der Waals surface area contributed by atoms with Gasteiger partial charge in [-0.2, -0.15) is 0 Å². The van der Waals surface area contributed by atoms with Gasteiger partial charge in [0.05, 0.1) is 6.61 Å². The van der Waals surface area contributed by atoms with Crippen LogP contribution in [0.25, 0.3) is 0 Å². The second-order valence-electron chi connectivity index (χ2n) is 6.20. The summed E-state index contributed by atoms with van der Waals surface area (Å²) in [6.45, 7) is 2.52. The Morgan fingerprint density at radius 2 is 2.23 bits per heavy atom. The number of hydrogen-bond acceptors (Lipinski definition) is 3. The van der Waals surface area contributed by atoms with Crippen LogP contribution in [0.15, 0.2) is 24.3 Å². The van der Waals surface area contributed by atoms with E-state index >= 15 is 0 Å². The first kappa shape index (κ1) is 14.9. The monoisotopic (exact) mass is 303 g/mol. The summed E-state index contributed by atoms with van der Waals surface area (Å²) in [5.74, 6) is -0.390. The summed E-state index contributed by atoms with van der Waals surface area (Å²) in [7, 11) is 0. The van der Waals surface area contributed by atoms with Gasteiger partial charge >= 0.3 is 5.97 Å². The molecule has 2 aliphatic rings. The maximum Gasteiger partial charge on any atom is 0.326 e. The lowest BCUT2D eigenvalue weighted by atomic mass is 9.87. The predicted octanol–water partition coefficient (Wildman–Crippen LogP) is 2.10. The van der Waals surface area contributed by atoms with Gasteiger partial charge in [-0.15, -0.1) is 0 Å². The number of hydrogen-bond donors (Lipinski definition) is 2. The molecule has 0 saturated heterocycles. The van der Waals surface area contributed by atoms with E-state index in [1.807, 2.05) is 31.2 Å². The van der Waals surface area contributed by atoms with E-state index in [1.165, 1.54) is 0 Å². The molecule has 3 rings (SSSR count). The SMILES string of the molecule is CCCC(NC(=O)[C@@H]1C[C@]12CCOc1ccccc12)C(=O)O. The highest BCUT2D eigenvalue weighted by Gasteiger charge is 2.61. The fourth-order valence-corrected chi connectivity index (χ4v) is 3.52. The summed E-state index contributed by atoms with van der Waals surface area (Å²) in [4.78, 5) is 23.7. The molecular formula is C17H21NO4. The van der Waals surface area contributed by atoms with Crippen molar-refractivity contribution in [1.29, 1.82) is 0 Å². The quantitative estimate of drug-likeness (QED) is 0.873. The minimum absolute atomic E-state index is 0.141. The Balaban J connectivity index is 1.74. The Bertz CT molecular complexity index is 600. The molecule has 0 bridgehead atoms. The largest absolute Gasteiger partial charge is 0.493 e. The van der Waals surface area contributed by atoms with E-state index in [0.717, 1.165) is 30.6 Å². The molecular weight excluding hydrogens is 282 g/mol. The molecule has 3 atom stereocenters. The fourth-order valence-electron chi connectivity index (χ4n) is 3.52. The van der Waals surface area contributed by atoms with Crippen molar-refractivity contribution in [2.75, 3.05) is 6.61 Å². The lowest BCUT2D eigenvalue weighted by Gasteiger charge is -2.27. The van der Waals surface area contributed by atoms with Gasteiger partial charge in [-0.3, -0.25) is 4.79 Å². The minimum Gasteiger partial charge on any atom is -0.493 e. The molecule has 0 aromatic heterocycles. The number of amides is 1. The summed E-state index contributed by atoms with van der Waals surface area (Å²) in [6, 6.07) is 7.05. The standard InChI is InChI=1S/C17H21NO4/c1-2-5-13(16(20)21)18-15(19)12-10-17(12)8-9-22-14-7-4-3-6-11(14)17/h3-4,6-7,12-13H,2,5,8-10H2,1H3,(H,18,19)(H,20,21)/t12-,13?,17-/m0/s1. The van der Waals surface area contributed by atoms with Crippen LogP contribution in [-0.4, -0.2) is 29.6 Å². The Labute approximate surface area is 129 Å². The van der Waals surface area contributed by atoms with Crippen LogP contribution in [0.1, 0.15) is 38.2 Å². The molecule has 118 valence electrons. The average molecular weight is 303 g/mol. The molecule has 1 fully saturated rings. The highest BCUT2D eigenvalue weighted by atomic mass is 16.5. The van der Waals surface area contributed by atoms with E-state index in [4.69, 9.17) is 4.74 Å². The third-order valence-electron chi connectivity index (χ3n) is 4.81. The Morgan fingerprint density at radius 1 is 1.45 bits per heavy atom. The second kappa shape index (κ2) is 5.63. The van der Waals surface area contributed by atoms with Crippen LogP contribution in [0.3, 0.4) is 0 Å². The van der Waals surface area contributed by atoms with Crippen LogP contribution in [0, 0.1) is 5.92 Å². The number of carboxylic acids is 1. The van der Waals surface area contributed by atoms with Crippen molar-refractivity contribution in [2.45, 2.75) is 44.1 Å². The second-order valence-corrected chi connectivity index (χ2v) is 6.20. The number of rotatable bonds is 5. The van der Waals surface area contributed by atoms with Gasteiger partial charge in [-0.05, 0) is 25.3 Å². The van der Waals surface area contributed by atoms with Crippen LogP contribution in [-0.2, 0) is 15.0 Å². The highest BCUT2D eigenvalue weighted by Crippen LogP contribution is 2.60. The van der Waals surface area contributed by atoms with Crippen molar-refractivity contribution in [3.05, 3.63) is 29.8 Å². The zero-order chi connectivity index (χ0) is 15.7. The number of nitrogens with one attached hydrogen (secondary N) is 1. The van der Waals surface area contributed by atoms with Gasteiger partial charge in [-0.25, -0.2) is 4.79 Å². The number of carbonyl (C=O) groups is 2. The third kappa shape index (κ3) is 2.45. The lowest BCUT2D eigenvalue weighted by Crippen LogP contribution is -2.42. The van der Waals surface area contributed by atoms with Crippen molar-refractivity contribution >= 4 is 11.9 Å². The molecule has 1 aromatic rings. The Kier molecular flexibility index (Phi) is 3.81. The van der Waals surface area contributed by atoms with Gasteiger partial charge in [0.1, 0.15) is 11.8 Å². The van der Waals surface area contributed by atoms with Crippen molar-refractivity contribution < 1.29 is 19.4 Å². The molecule has 1 aliphatic heterocycles. The molecule has 1 saturated carbocycles. The zero-order valence-electron chi connectivity index (χ0n) is 12.7. The van der Waals surface area contributed by atoms with Crippen LogP contribution in [0.5, 0.6) is 5.75 Å². The first-order valence-electron chi connectivity index (χ1n) is 7.84. The molecule has 2 N–H and O–H groups in total. The maximum atomic E-state index is 12.5. The minimum atomic E-state index is -0.961. The molecule has 1 unspecified atom stereocenters. The third-order valence-corrected chi connectivity index (χ3v) is 4.81. The molecule has 5 heteroatoms. The van der Waals surface area contributed by atoms with Gasteiger partial charge in [0.25, 0.3) is 0 Å². The lowest BCUT2D eigenvalue weighted by molar-refractivity contribution is -0.142. The number of fused-ring (bicyclic) bond motifs is 2. The van der Waals surface area contributed by atoms with Gasteiger partial charge < -0.3 is 15.2 Å². The van der Waals surface area contributed by atoms with E-state index in [9.17, 15) is 14.7 Å². The summed E-state index contributed by atoms with van der Waals surface area (Å²) >= 11 is 0. The first-order chi connectivity index (χ1) is 10.6. The van der Waals surface area contributed by atoms with E-state index in [1.54, 1.807) is 0 Å².